The lowest BCUT2D eigenvalue weighted by Crippen LogP contribution is -2.31. The Labute approximate surface area is 251 Å². The van der Waals surface area contributed by atoms with Gasteiger partial charge in [-0.15, -0.1) is 24.6 Å². The van der Waals surface area contributed by atoms with Crippen molar-refractivity contribution in [2.24, 2.45) is 23.3 Å². The lowest BCUT2D eigenvalue weighted by atomic mass is 9.76. The molecule has 4 heterocycles. The van der Waals surface area contributed by atoms with Crippen molar-refractivity contribution in [1.29, 1.82) is 5.26 Å². The summed E-state index contributed by atoms with van der Waals surface area (Å²) in [6.45, 7) is 3.51. The van der Waals surface area contributed by atoms with E-state index in [2.05, 4.69) is 51.1 Å². The third-order valence-electron chi connectivity index (χ3n) is 7.82. The first-order valence-corrected chi connectivity index (χ1v) is 15.1. The molecule has 3 aliphatic rings. The summed E-state index contributed by atoms with van der Waals surface area (Å²) < 4.78 is 11.5. The Morgan fingerprint density at radius 1 is 1.33 bits per heavy atom. The van der Waals surface area contributed by atoms with Gasteiger partial charge < -0.3 is 25.5 Å². The second-order valence-electron chi connectivity index (χ2n) is 10.5. The number of rotatable bonds is 10. The summed E-state index contributed by atoms with van der Waals surface area (Å²) in [6.07, 6.45) is 16.7. The molecule has 12 heteroatoms. The number of nitrogens with zero attached hydrogens (tertiary/aromatic N) is 5. The van der Waals surface area contributed by atoms with E-state index in [9.17, 15) is 10.1 Å². The maximum absolute atomic E-state index is 14.1. The molecule has 0 radical (unpaired) electrons. The summed E-state index contributed by atoms with van der Waals surface area (Å²) in [5.41, 5.74) is 14.5. The van der Waals surface area contributed by atoms with Gasteiger partial charge in [0, 0.05) is 23.6 Å². The molecule has 42 heavy (non-hydrogen) atoms. The number of nitrogens with one attached hydrogen (secondary N) is 1. The molecule has 2 aliphatic heterocycles. The number of thioether (sulfide) groups is 1. The van der Waals surface area contributed by atoms with E-state index in [0.29, 0.717) is 49.2 Å². The van der Waals surface area contributed by atoms with Gasteiger partial charge in [-0.3, -0.25) is 10.1 Å². The first-order chi connectivity index (χ1) is 20.4. The third-order valence-corrected chi connectivity index (χ3v) is 9.09. The number of aromatic nitrogens is 3. The highest BCUT2D eigenvalue weighted by Gasteiger charge is 2.42. The molecule has 2 unspecified atom stereocenters. The van der Waals surface area contributed by atoms with Crippen molar-refractivity contribution in [3.05, 3.63) is 40.4 Å². The highest BCUT2D eigenvalue weighted by atomic mass is 32.2. The van der Waals surface area contributed by atoms with E-state index in [1.54, 1.807) is 6.07 Å². The minimum absolute atomic E-state index is 0.0776. The fraction of sp³-hybridized carbons (Fsp3) is 0.500. The minimum Gasteiger partial charge on any atom is -0.476 e. The molecule has 5 rings (SSSR count). The van der Waals surface area contributed by atoms with Crippen molar-refractivity contribution < 1.29 is 13.9 Å². The van der Waals surface area contributed by atoms with E-state index < -0.39 is 11.8 Å². The number of carbonyl (C=O) groups is 1. The topological polar surface area (TPSA) is 169 Å². The van der Waals surface area contributed by atoms with Crippen LogP contribution in [0.25, 0.3) is 5.70 Å². The number of hydrogen-bond acceptors (Lipinski definition) is 12. The number of nitrogens with two attached hydrogens (primary N) is 2. The van der Waals surface area contributed by atoms with Crippen LogP contribution in [-0.4, -0.2) is 57.3 Å². The molecule has 11 nitrogen and oxygen atoms in total. The number of likely N-dealkylation sites (N-methyl/N-ethyl adjacent to an activating group) is 1. The van der Waals surface area contributed by atoms with Crippen molar-refractivity contribution in [3.63, 3.8) is 0 Å². The van der Waals surface area contributed by atoms with Crippen molar-refractivity contribution >= 4 is 35.1 Å². The summed E-state index contributed by atoms with van der Waals surface area (Å²) in [5, 5.41) is 12.5. The monoisotopic (exact) mass is 590 g/mol. The van der Waals surface area contributed by atoms with Gasteiger partial charge in [0.25, 0.3) is 6.01 Å². The van der Waals surface area contributed by atoms with E-state index in [0.717, 1.165) is 42.7 Å². The van der Waals surface area contributed by atoms with Crippen LogP contribution in [-0.2, 0) is 4.79 Å². The standard InChI is InChI=1S/C28H36N8O3S.C2H2/c1-3-6-18(25(37)17-8-4-9-20-23(17)19(14-29)26(31)40-20)24(30)27-33-21(34-28-32-10-12-38-28)13-22(35-27)39-15-16-7-5-11-36(16)2;1-2/h10,12-13,16-17,19,26H,3-9,11,15,30-31H2,1-2H3,(H,32,33,34,35);1-2H/b24-18-;/t16-,17-,19?,26?;/m0./s1. The summed E-state index contributed by atoms with van der Waals surface area (Å²) in [7, 11) is 2.09. The molecule has 0 spiro atoms. The Hall–Kier alpha value is -3.84. The van der Waals surface area contributed by atoms with Crippen molar-refractivity contribution in [2.75, 3.05) is 25.5 Å². The number of nitriles is 1. The first kappa shape index (κ1) is 31.1. The summed E-state index contributed by atoms with van der Waals surface area (Å²) in [4.78, 5) is 30.8. The summed E-state index contributed by atoms with van der Waals surface area (Å²) in [5.74, 6) is -0.0445. The van der Waals surface area contributed by atoms with E-state index in [1.807, 2.05) is 6.92 Å². The predicted octanol–water partition coefficient (Wildman–Crippen LogP) is 4.20. The highest BCUT2D eigenvalue weighted by Crippen LogP contribution is 2.50. The van der Waals surface area contributed by atoms with Crippen LogP contribution in [0, 0.1) is 36.0 Å². The Morgan fingerprint density at radius 2 is 2.14 bits per heavy atom. The number of hydrogen-bond donors (Lipinski definition) is 3. The zero-order valence-electron chi connectivity index (χ0n) is 24.1. The van der Waals surface area contributed by atoms with Crippen LogP contribution in [0.15, 0.2) is 39.0 Å². The van der Waals surface area contributed by atoms with Crippen LogP contribution >= 0.6 is 11.8 Å². The summed E-state index contributed by atoms with van der Waals surface area (Å²) >= 11 is 1.52. The molecule has 1 aliphatic carbocycles. The number of likely N-dealkylation sites (tertiary alicyclic amines) is 1. The third kappa shape index (κ3) is 6.79. The van der Waals surface area contributed by atoms with Crippen LogP contribution in [0.1, 0.15) is 57.7 Å². The van der Waals surface area contributed by atoms with Crippen molar-refractivity contribution in [2.45, 2.75) is 63.3 Å². The van der Waals surface area contributed by atoms with Crippen LogP contribution in [0.2, 0.25) is 0 Å². The molecule has 4 atom stereocenters. The molecule has 2 aromatic heterocycles. The fourth-order valence-corrected chi connectivity index (χ4v) is 7.08. The number of Topliss-reactive ketones (excluding diaryl/α,β-unsaturated/α-hetero) is 1. The van der Waals surface area contributed by atoms with Gasteiger partial charge in [-0.25, -0.2) is 9.97 Å². The molecule has 0 saturated carbocycles. The smallest absolute Gasteiger partial charge is 0.300 e. The lowest BCUT2D eigenvalue weighted by molar-refractivity contribution is -0.118. The zero-order valence-corrected chi connectivity index (χ0v) is 24.9. The van der Waals surface area contributed by atoms with Gasteiger partial charge in [-0.2, -0.15) is 10.2 Å². The van der Waals surface area contributed by atoms with E-state index in [-0.39, 0.29) is 28.7 Å². The number of allylic oxidation sites excluding steroid dienone is 2. The maximum Gasteiger partial charge on any atom is 0.300 e. The number of ether oxygens (including phenoxy) is 1. The van der Waals surface area contributed by atoms with Crippen LogP contribution in [0.5, 0.6) is 5.88 Å². The van der Waals surface area contributed by atoms with Gasteiger partial charge in [0.15, 0.2) is 11.6 Å². The predicted molar refractivity (Wildman–Crippen MR) is 163 cm³/mol. The Bertz CT molecular complexity index is 1380. The average Bonchev–Trinajstić information content (AvgIpc) is 3.74. The number of ketones is 1. The van der Waals surface area contributed by atoms with E-state index in [4.69, 9.17) is 20.6 Å². The molecule has 5 N–H and O–H groups in total. The average molecular weight is 591 g/mol. The molecule has 222 valence electrons. The molecule has 1 fully saturated rings. The Morgan fingerprint density at radius 3 is 2.81 bits per heavy atom. The SMILES string of the molecule is C#C.CCC/C(C(=O)[C@H]1CCCC2=C1C(C#N)C(N)S2)=C(/N)c1nc(Nc2ncco2)cc(OC[C@@H]2CCCN2C)n1. The number of terminal acetylenes is 1. The number of anilines is 2. The minimum atomic E-state index is -0.475. The van der Waals surface area contributed by atoms with Gasteiger partial charge in [-0.1, -0.05) is 13.3 Å². The van der Waals surface area contributed by atoms with Crippen molar-refractivity contribution in [1.82, 2.24) is 19.9 Å². The molecule has 0 bridgehead atoms. The second-order valence-corrected chi connectivity index (χ2v) is 11.8. The van der Waals surface area contributed by atoms with Crippen LogP contribution in [0.3, 0.4) is 0 Å². The second kappa shape index (κ2) is 14.4. The number of carbonyl (C=O) groups excluding carboxylic acids is 1. The van der Waals surface area contributed by atoms with E-state index >= 15 is 0 Å². The molecule has 0 amide bonds. The molecular formula is C30H38N8O3S. The normalized spacial score (nSPS) is 24.2. The Kier molecular flexibility index (Phi) is 10.6. The van der Waals surface area contributed by atoms with Gasteiger partial charge >= 0.3 is 0 Å². The quantitative estimate of drug-likeness (QED) is 0.267. The Balaban J connectivity index is 0.00000198. The molecule has 2 aromatic rings. The summed E-state index contributed by atoms with van der Waals surface area (Å²) in [6, 6.07) is 4.56. The van der Waals surface area contributed by atoms with Gasteiger partial charge in [0.1, 0.15) is 18.7 Å². The highest BCUT2D eigenvalue weighted by molar-refractivity contribution is 8.03. The first-order valence-electron chi connectivity index (χ1n) is 14.2. The largest absolute Gasteiger partial charge is 0.476 e. The van der Waals surface area contributed by atoms with Gasteiger partial charge in [-0.05, 0) is 62.6 Å². The lowest BCUT2D eigenvalue weighted by Gasteiger charge is -2.26. The van der Waals surface area contributed by atoms with Gasteiger partial charge in [0.2, 0.25) is 5.88 Å². The number of oxazole rings is 1. The molecular weight excluding hydrogens is 552 g/mol. The fourth-order valence-electron chi connectivity index (χ4n) is 5.74. The van der Waals surface area contributed by atoms with Crippen LogP contribution < -0.4 is 21.5 Å². The maximum atomic E-state index is 14.1. The zero-order chi connectivity index (χ0) is 30.2. The van der Waals surface area contributed by atoms with Crippen molar-refractivity contribution in [3.8, 4) is 24.8 Å². The van der Waals surface area contributed by atoms with Crippen LogP contribution in [0.4, 0.5) is 11.8 Å². The van der Waals surface area contributed by atoms with Gasteiger partial charge in [0.05, 0.1) is 29.3 Å². The molecule has 1 saturated heterocycles. The van der Waals surface area contributed by atoms with E-state index in [1.165, 1.54) is 24.2 Å². The molecule has 0 aromatic carbocycles.